The molecule has 0 aliphatic carbocycles. The lowest BCUT2D eigenvalue weighted by Crippen LogP contribution is -2.44. The van der Waals surface area contributed by atoms with E-state index in [4.69, 9.17) is 4.74 Å². The molecule has 1 aromatic rings. The van der Waals surface area contributed by atoms with E-state index in [0.717, 1.165) is 19.6 Å². The van der Waals surface area contributed by atoms with Crippen molar-refractivity contribution in [2.75, 3.05) is 13.2 Å². The second-order valence-electron chi connectivity index (χ2n) is 6.15. The predicted octanol–water partition coefficient (Wildman–Crippen LogP) is 3.70. The van der Waals surface area contributed by atoms with Crippen LogP contribution in [0.2, 0.25) is 0 Å². The molecule has 1 fully saturated rings. The van der Waals surface area contributed by atoms with Crippen molar-refractivity contribution >= 4 is 0 Å². The molecule has 0 saturated carbocycles. The van der Waals surface area contributed by atoms with Crippen molar-refractivity contribution in [2.24, 2.45) is 0 Å². The van der Waals surface area contributed by atoms with Gasteiger partial charge in [-0.2, -0.15) is 0 Å². The monoisotopic (exact) mass is 275 g/mol. The number of benzene rings is 1. The van der Waals surface area contributed by atoms with Gasteiger partial charge in [0.2, 0.25) is 0 Å². The minimum Gasteiger partial charge on any atom is -0.377 e. The second-order valence-corrected chi connectivity index (χ2v) is 6.15. The Labute approximate surface area is 123 Å². The van der Waals surface area contributed by atoms with Crippen molar-refractivity contribution in [3.05, 3.63) is 34.4 Å². The summed E-state index contributed by atoms with van der Waals surface area (Å²) < 4.78 is 6.01. The quantitative estimate of drug-likeness (QED) is 0.884. The van der Waals surface area contributed by atoms with Gasteiger partial charge in [0.25, 0.3) is 0 Å². The molecule has 0 aromatic heterocycles. The summed E-state index contributed by atoms with van der Waals surface area (Å²) in [7, 11) is 0. The van der Waals surface area contributed by atoms with E-state index < -0.39 is 0 Å². The second kappa shape index (κ2) is 7.24. The summed E-state index contributed by atoms with van der Waals surface area (Å²) in [6.07, 6.45) is 5.18. The molecule has 2 atom stereocenters. The van der Waals surface area contributed by atoms with E-state index in [-0.39, 0.29) is 0 Å². The van der Waals surface area contributed by atoms with Crippen LogP contribution in [-0.2, 0) is 11.2 Å². The highest BCUT2D eigenvalue weighted by atomic mass is 16.5. The molecule has 0 bridgehead atoms. The van der Waals surface area contributed by atoms with Crippen LogP contribution in [0.5, 0.6) is 0 Å². The zero-order valence-corrected chi connectivity index (χ0v) is 13.5. The summed E-state index contributed by atoms with van der Waals surface area (Å²) in [6, 6.07) is 5.04. The smallest absolute Gasteiger partial charge is 0.0731 e. The number of hydrogen-bond acceptors (Lipinski definition) is 2. The highest BCUT2D eigenvalue weighted by molar-refractivity contribution is 5.38. The molecule has 0 radical (unpaired) electrons. The molecule has 0 spiro atoms. The molecule has 1 heterocycles. The maximum atomic E-state index is 6.01. The average molecular weight is 275 g/mol. The van der Waals surface area contributed by atoms with Gasteiger partial charge < -0.3 is 10.1 Å². The first-order valence-electron chi connectivity index (χ1n) is 8.03. The number of hydrogen-bond donors (Lipinski definition) is 1. The van der Waals surface area contributed by atoms with E-state index in [9.17, 15) is 0 Å². The average Bonchev–Trinajstić information content (AvgIpc) is 2.42. The van der Waals surface area contributed by atoms with Gasteiger partial charge in [-0.15, -0.1) is 0 Å². The van der Waals surface area contributed by atoms with Gasteiger partial charge in [0.15, 0.2) is 0 Å². The topological polar surface area (TPSA) is 21.3 Å². The first-order chi connectivity index (χ1) is 9.61. The molecule has 0 amide bonds. The Morgan fingerprint density at radius 3 is 2.45 bits per heavy atom. The van der Waals surface area contributed by atoms with Crippen molar-refractivity contribution in [1.29, 1.82) is 0 Å². The molecular formula is C18H29NO. The van der Waals surface area contributed by atoms with Crippen molar-refractivity contribution in [3.63, 3.8) is 0 Å². The van der Waals surface area contributed by atoms with Crippen LogP contribution in [0.4, 0.5) is 0 Å². The fraction of sp³-hybridized carbons (Fsp3) is 0.667. The summed E-state index contributed by atoms with van der Waals surface area (Å²) in [5.41, 5.74) is 5.69. The zero-order valence-electron chi connectivity index (χ0n) is 13.5. The summed E-state index contributed by atoms with van der Waals surface area (Å²) in [6.45, 7) is 10.8. The van der Waals surface area contributed by atoms with Gasteiger partial charge >= 0.3 is 0 Å². The van der Waals surface area contributed by atoms with E-state index in [1.165, 1.54) is 41.5 Å². The highest BCUT2D eigenvalue weighted by Crippen LogP contribution is 2.23. The van der Waals surface area contributed by atoms with E-state index in [0.29, 0.717) is 12.1 Å². The summed E-state index contributed by atoms with van der Waals surface area (Å²) in [5.74, 6) is 0. The van der Waals surface area contributed by atoms with E-state index in [1.807, 2.05) is 0 Å². The summed E-state index contributed by atoms with van der Waals surface area (Å²) >= 11 is 0. The van der Waals surface area contributed by atoms with Crippen molar-refractivity contribution in [1.82, 2.24) is 5.32 Å². The lowest BCUT2D eigenvalue weighted by Gasteiger charge is -2.32. The standard InChI is InChI=1S/C18H29NO/c1-5-19-17(18-8-6-7-9-20-18)12-16-14(3)10-13(2)11-15(16)4/h10-11,17-19H,5-9,12H2,1-4H3. The first-order valence-corrected chi connectivity index (χ1v) is 8.03. The Kier molecular flexibility index (Phi) is 5.62. The number of rotatable bonds is 5. The molecule has 1 aromatic carbocycles. The SMILES string of the molecule is CCNC(Cc1c(C)cc(C)cc1C)C1CCCCO1. The van der Waals surface area contributed by atoms with Crippen LogP contribution in [0.3, 0.4) is 0 Å². The minimum absolute atomic E-state index is 0.379. The lowest BCUT2D eigenvalue weighted by atomic mass is 9.90. The molecule has 20 heavy (non-hydrogen) atoms. The van der Waals surface area contributed by atoms with Gasteiger partial charge in [0, 0.05) is 12.6 Å². The number of aryl methyl sites for hydroxylation is 3. The molecule has 2 rings (SSSR count). The van der Waals surface area contributed by atoms with E-state index in [1.54, 1.807) is 0 Å². The Morgan fingerprint density at radius 2 is 1.90 bits per heavy atom. The van der Waals surface area contributed by atoms with Crippen molar-refractivity contribution in [3.8, 4) is 0 Å². The Balaban J connectivity index is 2.15. The van der Waals surface area contributed by atoms with Crippen LogP contribution >= 0.6 is 0 Å². The van der Waals surface area contributed by atoms with Crippen molar-refractivity contribution in [2.45, 2.75) is 65.5 Å². The minimum atomic E-state index is 0.379. The van der Waals surface area contributed by atoms with Gasteiger partial charge in [-0.3, -0.25) is 0 Å². The maximum absolute atomic E-state index is 6.01. The third-order valence-corrected chi connectivity index (χ3v) is 4.39. The lowest BCUT2D eigenvalue weighted by molar-refractivity contribution is -0.00714. The molecular weight excluding hydrogens is 246 g/mol. The van der Waals surface area contributed by atoms with Gasteiger partial charge in [-0.05, 0) is 69.7 Å². The van der Waals surface area contributed by atoms with Crippen LogP contribution in [0, 0.1) is 20.8 Å². The number of ether oxygens (including phenoxy) is 1. The molecule has 1 aliphatic rings. The van der Waals surface area contributed by atoms with Crippen LogP contribution < -0.4 is 5.32 Å². The molecule has 2 unspecified atom stereocenters. The highest BCUT2D eigenvalue weighted by Gasteiger charge is 2.25. The van der Waals surface area contributed by atoms with Gasteiger partial charge in [0.1, 0.15) is 0 Å². The molecule has 2 heteroatoms. The van der Waals surface area contributed by atoms with Gasteiger partial charge in [0.05, 0.1) is 6.10 Å². The largest absolute Gasteiger partial charge is 0.377 e. The third kappa shape index (κ3) is 3.83. The van der Waals surface area contributed by atoms with E-state index >= 15 is 0 Å². The molecule has 1 N–H and O–H groups in total. The zero-order chi connectivity index (χ0) is 14.5. The fourth-order valence-electron chi connectivity index (χ4n) is 3.43. The van der Waals surface area contributed by atoms with Crippen LogP contribution in [0.25, 0.3) is 0 Å². The Bertz CT molecular complexity index is 412. The summed E-state index contributed by atoms with van der Waals surface area (Å²) in [5, 5.41) is 3.64. The van der Waals surface area contributed by atoms with Crippen LogP contribution in [0.1, 0.15) is 48.4 Å². The van der Waals surface area contributed by atoms with E-state index in [2.05, 4.69) is 45.1 Å². The van der Waals surface area contributed by atoms with Gasteiger partial charge in [-0.25, -0.2) is 0 Å². The third-order valence-electron chi connectivity index (χ3n) is 4.39. The Morgan fingerprint density at radius 1 is 1.20 bits per heavy atom. The van der Waals surface area contributed by atoms with Gasteiger partial charge in [-0.1, -0.05) is 24.6 Å². The first kappa shape index (κ1) is 15.5. The fourth-order valence-corrected chi connectivity index (χ4v) is 3.43. The summed E-state index contributed by atoms with van der Waals surface area (Å²) in [4.78, 5) is 0. The normalized spacial score (nSPS) is 20.9. The van der Waals surface area contributed by atoms with Crippen molar-refractivity contribution < 1.29 is 4.74 Å². The van der Waals surface area contributed by atoms with Crippen LogP contribution in [-0.4, -0.2) is 25.3 Å². The number of nitrogens with one attached hydrogen (secondary N) is 1. The van der Waals surface area contributed by atoms with Crippen LogP contribution in [0.15, 0.2) is 12.1 Å². The number of likely N-dealkylation sites (N-methyl/N-ethyl adjacent to an activating group) is 1. The Hall–Kier alpha value is -0.860. The molecule has 1 aliphatic heterocycles. The maximum Gasteiger partial charge on any atom is 0.0731 e. The molecule has 112 valence electrons. The molecule has 1 saturated heterocycles. The predicted molar refractivity (Wildman–Crippen MR) is 85.4 cm³/mol. The molecule has 2 nitrogen and oxygen atoms in total.